The first-order chi connectivity index (χ1) is 14.5. The molecule has 0 radical (unpaired) electrons. The van der Waals surface area contributed by atoms with Gasteiger partial charge in [-0.25, -0.2) is 0 Å². The lowest BCUT2D eigenvalue weighted by Crippen LogP contribution is -2.31. The second-order valence-electron chi connectivity index (χ2n) is 6.81. The fourth-order valence-corrected chi connectivity index (χ4v) is 3.61. The van der Waals surface area contributed by atoms with E-state index in [9.17, 15) is 14.7 Å². The van der Waals surface area contributed by atoms with E-state index in [1.165, 1.54) is 12.0 Å². The van der Waals surface area contributed by atoms with E-state index in [-0.39, 0.29) is 11.3 Å². The van der Waals surface area contributed by atoms with Crippen LogP contribution in [0.4, 0.5) is 0 Å². The van der Waals surface area contributed by atoms with Crippen LogP contribution in [-0.4, -0.2) is 56.2 Å². The van der Waals surface area contributed by atoms with Crippen molar-refractivity contribution in [3.63, 3.8) is 0 Å². The number of para-hydroxylation sites is 1. The van der Waals surface area contributed by atoms with Crippen LogP contribution in [0.1, 0.15) is 23.6 Å². The van der Waals surface area contributed by atoms with Gasteiger partial charge in [0.05, 0.1) is 25.8 Å². The average Bonchev–Trinajstić information content (AvgIpc) is 3.03. The topological polar surface area (TPSA) is 85.3 Å². The van der Waals surface area contributed by atoms with Crippen molar-refractivity contribution in [2.45, 2.75) is 12.5 Å². The number of amides is 1. The Morgan fingerprint density at radius 3 is 2.33 bits per heavy atom. The lowest BCUT2D eigenvalue weighted by molar-refractivity contribution is -0.140. The van der Waals surface area contributed by atoms with Crippen molar-refractivity contribution in [3.8, 4) is 11.5 Å². The molecule has 7 nitrogen and oxygen atoms in total. The van der Waals surface area contributed by atoms with Crippen LogP contribution >= 0.6 is 0 Å². The number of Topliss-reactive ketones (excluding diaryl/α,β-unsaturated/α-hetero) is 1. The first kappa shape index (κ1) is 21.4. The molecule has 1 aliphatic rings. The van der Waals surface area contributed by atoms with E-state index in [0.717, 1.165) is 0 Å². The fourth-order valence-electron chi connectivity index (χ4n) is 3.61. The predicted molar refractivity (Wildman–Crippen MR) is 111 cm³/mol. The molecule has 1 amide bonds. The van der Waals surface area contributed by atoms with Gasteiger partial charge in [-0.1, -0.05) is 18.2 Å². The number of ketones is 1. The van der Waals surface area contributed by atoms with Crippen LogP contribution in [0, 0.1) is 0 Å². The number of hydrogen-bond acceptors (Lipinski definition) is 6. The maximum absolute atomic E-state index is 13.0. The summed E-state index contributed by atoms with van der Waals surface area (Å²) in [5.74, 6) is -0.468. The normalized spacial score (nSPS) is 18.0. The standard InChI is InChI=1S/C23H25NO6/c1-28-14-6-13-24-20(17-7-4-5-8-18(17)30-3)19(22(26)23(24)27)21(25)15-9-11-16(29-2)12-10-15/h4-5,7-12,20,25H,6,13-14H2,1-3H3/b21-19-. The average molecular weight is 411 g/mol. The summed E-state index contributed by atoms with van der Waals surface area (Å²) in [6.07, 6.45) is 0.553. The summed E-state index contributed by atoms with van der Waals surface area (Å²) in [4.78, 5) is 27.3. The van der Waals surface area contributed by atoms with Crippen molar-refractivity contribution in [2.75, 3.05) is 34.5 Å². The molecule has 30 heavy (non-hydrogen) atoms. The Labute approximate surface area is 175 Å². The number of aliphatic hydroxyl groups is 1. The highest BCUT2D eigenvalue weighted by molar-refractivity contribution is 6.46. The number of aliphatic hydroxyl groups excluding tert-OH is 1. The molecule has 0 saturated carbocycles. The second-order valence-corrected chi connectivity index (χ2v) is 6.81. The molecular weight excluding hydrogens is 386 g/mol. The van der Waals surface area contributed by atoms with Gasteiger partial charge in [-0.3, -0.25) is 9.59 Å². The molecule has 1 aliphatic heterocycles. The summed E-state index contributed by atoms with van der Waals surface area (Å²) in [5.41, 5.74) is 1.09. The third kappa shape index (κ3) is 4.02. The zero-order valence-electron chi connectivity index (χ0n) is 17.3. The van der Waals surface area contributed by atoms with Crippen LogP contribution in [0.2, 0.25) is 0 Å². The number of nitrogens with zero attached hydrogens (tertiary/aromatic N) is 1. The minimum absolute atomic E-state index is 0.0343. The summed E-state index contributed by atoms with van der Waals surface area (Å²) >= 11 is 0. The molecule has 1 heterocycles. The van der Waals surface area contributed by atoms with E-state index < -0.39 is 17.7 Å². The van der Waals surface area contributed by atoms with Crippen LogP contribution in [-0.2, 0) is 14.3 Å². The molecule has 0 bridgehead atoms. The van der Waals surface area contributed by atoms with Crippen molar-refractivity contribution in [1.29, 1.82) is 0 Å². The summed E-state index contributed by atoms with van der Waals surface area (Å²) in [7, 11) is 4.65. The number of hydrogen-bond donors (Lipinski definition) is 1. The van der Waals surface area contributed by atoms with Crippen molar-refractivity contribution >= 4 is 17.4 Å². The molecule has 1 N–H and O–H groups in total. The first-order valence-corrected chi connectivity index (χ1v) is 9.58. The number of likely N-dealkylation sites (tertiary alicyclic amines) is 1. The number of carbonyl (C=O) groups excluding carboxylic acids is 2. The Balaban J connectivity index is 2.14. The van der Waals surface area contributed by atoms with Crippen molar-refractivity contribution in [1.82, 2.24) is 4.90 Å². The van der Waals surface area contributed by atoms with Gasteiger partial charge in [-0.15, -0.1) is 0 Å². The minimum atomic E-state index is -0.764. The zero-order chi connectivity index (χ0) is 21.7. The molecule has 1 unspecified atom stereocenters. The molecule has 2 aromatic carbocycles. The summed E-state index contributed by atoms with van der Waals surface area (Å²) in [5, 5.41) is 11.0. The molecule has 0 aromatic heterocycles. The van der Waals surface area contributed by atoms with Crippen LogP contribution in [0.3, 0.4) is 0 Å². The van der Waals surface area contributed by atoms with E-state index in [1.807, 2.05) is 6.07 Å². The third-order valence-corrected chi connectivity index (χ3v) is 5.08. The number of carbonyl (C=O) groups is 2. The maximum atomic E-state index is 13.0. The van der Waals surface area contributed by atoms with Crippen LogP contribution in [0.15, 0.2) is 54.1 Å². The Bertz CT molecular complexity index is 950. The van der Waals surface area contributed by atoms with Crippen LogP contribution in [0.25, 0.3) is 5.76 Å². The number of rotatable bonds is 8. The molecule has 1 atom stereocenters. The Morgan fingerprint density at radius 1 is 1.00 bits per heavy atom. The highest BCUT2D eigenvalue weighted by Gasteiger charge is 2.46. The molecule has 0 spiro atoms. The predicted octanol–water partition coefficient (Wildman–Crippen LogP) is 3.16. The second kappa shape index (κ2) is 9.45. The smallest absolute Gasteiger partial charge is 0.295 e. The highest BCUT2D eigenvalue weighted by atomic mass is 16.5. The van der Waals surface area contributed by atoms with Gasteiger partial charge in [0.1, 0.15) is 17.3 Å². The highest BCUT2D eigenvalue weighted by Crippen LogP contribution is 2.42. The number of benzene rings is 2. The van der Waals surface area contributed by atoms with Gasteiger partial charge >= 0.3 is 0 Å². The zero-order valence-corrected chi connectivity index (χ0v) is 17.3. The number of methoxy groups -OCH3 is 3. The van der Waals surface area contributed by atoms with Gasteiger partial charge in [-0.05, 0) is 36.8 Å². The Hall–Kier alpha value is -3.32. The molecule has 158 valence electrons. The van der Waals surface area contributed by atoms with Gasteiger partial charge < -0.3 is 24.2 Å². The number of ether oxygens (including phenoxy) is 3. The van der Waals surface area contributed by atoms with E-state index >= 15 is 0 Å². The maximum Gasteiger partial charge on any atom is 0.295 e. The largest absolute Gasteiger partial charge is 0.507 e. The molecule has 1 fully saturated rings. The summed E-state index contributed by atoms with van der Waals surface area (Å²) in [6.45, 7) is 0.751. The molecule has 0 aliphatic carbocycles. The Morgan fingerprint density at radius 2 is 1.70 bits per heavy atom. The molecular formula is C23H25NO6. The van der Waals surface area contributed by atoms with Gasteiger partial charge in [0.25, 0.3) is 11.7 Å². The lowest BCUT2D eigenvalue weighted by Gasteiger charge is -2.26. The summed E-state index contributed by atoms with van der Waals surface area (Å²) < 4.78 is 15.7. The van der Waals surface area contributed by atoms with Crippen molar-refractivity contribution in [2.24, 2.45) is 0 Å². The Kier molecular flexibility index (Phi) is 6.74. The fraction of sp³-hybridized carbons (Fsp3) is 0.304. The first-order valence-electron chi connectivity index (χ1n) is 9.58. The molecule has 2 aromatic rings. The van der Waals surface area contributed by atoms with E-state index in [1.54, 1.807) is 56.7 Å². The van der Waals surface area contributed by atoms with Crippen LogP contribution in [0.5, 0.6) is 11.5 Å². The monoisotopic (exact) mass is 411 g/mol. The van der Waals surface area contributed by atoms with Crippen LogP contribution < -0.4 is 9.47 Å². The van der Waals surface area contributed by atoms with Crippen molar-refractivity contribution in [3.05, 3.63) is 65.2 Å². The molecule has 3 rings (SSSR count). The van der Waals surface area contributed by atoms with Gasteiger partial charge in [-0.2, -0.15) is 0 Å². The van der Waals surface area contributed by atoms with E-state index in [4.69, 9.17) is 14.2 Å². The minimum Gasteiger partial charge on any atom is -0.507 e. The quantitative estimate of drug-likeness (QED) is 0.311. The van der Waals surface area contributed by atoms with Gasteiger partial charge in [0, 0.05) is 31.4 Å². The van der Waals surface area contributed by atoms with Gasteiger partial charge in [0.15, 0.2) is 0 Å². The van der Waals surface area contributed by atoms with E-state index in [2.05, 4.69) is 0 Å². The van der Waals surface area contributed by atoms with Gasteiger partial charge in [0.2, 0.25) is 0 Å². The summed E-state index contributed by atoms with van der Waals surface area (Å²) in [6, 6.07) is 13.1. The van der Waals surface area contributed by atoms with Crippen molar-refractivity contribution < 1.29 is 28.9 Å². The SMILES string of the molecule is COCCCN1C(=O)C(=O)/C(=C(\O)c2ccc(OC)cc2)C1c1ccccc1OC. The third-order valence-electron chi connectivity index (χ3n) is 5.08. The molecule has 1 saturated heterocycles. The molecule has 7 heteroatoms. The van der Waals surface area contributed by atoms with E-state index in [0.29, 0.717) is 42.2 Å². The lowest BCUT2D eigenvalue weighted by atomic mass is 9.94.